The van der Waals surface area contributed by atoms with Crippen molar-refractivity contribution in [2.24, 2.45) is 0 Å². The highest BCUT2D eigenvalue weighted by atomic mass is 32.1. The summed E-state index contributed by atoms with van der Waals surface area (Å²) in [6.07, 6.45) is 1.53. The summed E-state index contributed by atoms with van der Waals surface area (Å²) in [5, 5.41) is 14.7. The molecule has 0 atom stereocenters. The molecule has 0 unspecified atom stereocenters. The highest BCUT2D eigenvalue weighted by Crippen LogP contribution is 2.25. The van der Waals surface area contributed by atoms with E-state index < -0.39 is 11.5 Å². The number of thiazole rings is 1. The standard InChI is InChI=1S/C19H21FN2O4S/c20-14-3-1-13(2-4-14)9-17-21-15(12-27-17)10-16(23)22-19(11-18(24)25)5-7-26-8-6-19/h1-4,12H,5-11H2,(H,22,23)(H,24,25). The van der Waals surface area contributed by atoms with Crippen LogP contribution in [0, 0.1) is 5.82 Å². The van der Waals surface area contributed by atoms with Crippen molar-refractivity contribution in [1.82, 2.24) is 10.3 Å². The van der Waals surface area contributed by atoms with Gasteiger partial charge in [-0.3, -0.25) is 9.59 Å². The van der Waals surface area contributed by atoms with Crippen LogP contribution in [-0.4, -0.2) is 40.7 Å². The Hall–Kier alpha value is -2.32. The van der Waals surface area contributed by atoms with Crippen LogP contribution in [0.1, 0.15) is 35.5 Å². The number of nitrogens with zero attached hydrogens (tertiary/aromatic N) is 1. The summed E-state index contributed by atoms with van der Waals surface area (Å²) in [6, 6.07) is 6.24. The molecule has 0 spiro atoms. The second-order valence-electron chi connectivity index (χ2n) is 6.72. The minimum Gasteiger partial charge on any atom is -0.481 e. The first-order chi connectivity index (χ1) is 12.9. The Labute approximate surface area is 160 Å². The summed E-state index contributed by atoms with van der Waals surface area (Å²) in [5.41, 5.74) is 0.838. The van der Waals surface area contributed by atoms with Gasteiger partial charge < -0.3 is 15.2 Å². The first kappa shape index (κ1) is 19.4. The van der Waals surface area contributed by atoms with Gasteiger partial charge in [-0.2, -0.15) is 0 Å². The van der Waals surface area contributed by atoms with Crippen molar-refractivity contribution in [3.05, 3.63) is 51.7 Å². The number of carboxylic acids is 1. The number of nitrogens with one attached hydrogen (secondary N) is 1. The minimum atomic E-state index is -0.938. The molecule has 0 saturated carbocycles. The van der Waals surface area contributed by atoms with E-state index >= 15 is 0 Å². The van der Waals surface area contributed by atoms with E-state index in [0.29, 0.717) is 38.2 Å². The molecule has 3 rings (SSSR count). The average Bonchev–Trinajstić information content (AvgIpc) is 3.03. The lowest BCUT2D eigenvalue weighted by Crippen LogP contribution is -2.53. The molecule has 1 aliphatic heterocycles. The van der Waals surface area contributed by atoms with Crippen molar-refractivity contribution in [3.8, 4) is 0 Å². The Balaban J connectivity index is 1.59. The van der Waals surface area contributed by atoms with E-state index in [1.54, 1.807) is 12.1 Å². The van der Waals surface area contributed by atoms with Crippen LogP contribution in [0.25, 0.3) is 0 Å². The number of aliphatic carboxylic acids is 1. The number of benzene rings is 1. The van der Waals surface area contributed by atoms with Crippen molar-refractivity contribution in [2.75, 3.05) is 13.2 Å². The molecule has 1 aromatic heterocycles. The molecule has 1 saturated heterocycles. The maximum atomic E-state index is 13.0. The molecule has 1 fully saturated rings. The molecule has 27 heavy (non-hydrogen) atoms. The number of amides is 1. The van der Waals surface area contributed by atoms with Gasteiger partial charge in [0.05, 0.1) is 29.1 Å². The number of hydrogen-bond donors (Lipinski definition) is 2. The number of hydrogen-bond acceptors (Lipinski definition) is 5. The second-order valence-corrected chi connectivity index (χ2v) is 7.67. The molecule has 1 amide bonds. The van der Waals surface area contributed by atoms with Crippen LogP contribution in [0.2, 0.25) is 0 Å². The van der Waals surface area contributed by atoms with Crippen LogP contribution in [0.5, 0.6) is 0 Å². The molecular formula is C19H21FN2O4S. The van der Waals surface area contributed by atoms with Crippen LogP contribution in [-0.2, 0) is 27.2 Å². The summed E-state index contributed by atoms with van der Waals surface area (Å²) in [5.74, 6) is -1.46. The van der Waals surface area contributed by atoms with Crippen molar-refractivity contribution in [1.29, 1.82) is 0 Å². The van der Waals surface area contributed by atoms with Crippen LogP contribution in [0.15, 0.2) is 29.6 Å². The van der Waals surface area contributed by atoms with Crippen molar-refractivity contribution in [3.63, 3.8) is 0 Å². The van der Waals surface area contributed by atoms with E-state index in [2.05, 4.69) is 10.3 Å². The van der Waals surface area contributed by atoms with Crippen molar-refractivity contribution < 1.29 is 23.8 Å². The number of rotatable bonds is 7. The zero-order valence-corrected chi connectivity index (χ0v) is 15.6. The van der Waals surface area contributed by atoms with E-state index in [0.717, 1.165) is 10.6 Å². The third-order valence-corrected chi connectivity index (χ3v) is 5.45. The van der Waals surface area contributed by atoms with Gasteiger partial charge in [0.25, 0.3) is 0 Å². The van der Waals surface area contributed by atoms with Crippen molar-refractivity contribution >= 4 is 23.2 Å². The van der Waals surface area contributed by atoms with E-state index in [9.17, 15) is 14.0 Å². The first-order valence-corrected chi connectivity index (χ1v) is 9.60. The van der Waals surface area contributed by atoms with Gasteiger partial charge in [-0.25, -0.2) is 9.37 Å². The Morgan fingerprint density at radius 3 is 2.63 bits per heavy atom. The fourth-order valence-electron chi connectivity index (χ4n) is 3.19. The van der Waals surface area contributed by atoms with Crippen LogP contribution < -0.4 is 5.32 Å². The van der Waals surface area contributed by atoms with Gasteiger partial charge in [0.15, 0.2) is 0 Å². The molecule has 2 heterocycles. The molecule has 0 aliphatic carbocycles. The number of aromatic nitrogens is 1. The molecule has 2 N–H and O–H groups in total. The lowest BCUT2D eigenvalue weighted by molar-refractivity contribution is -0.140. The second kappa shape index (κ2) is 8.58. The average molecular weight is 392 g/mol. The van der Waals surface area contributed by atoms with Crippen LogP contribution in [0.3, 0.4) is 0 Å². The van der Waals surface area contributed by atoms with Gasteiger partial charge in [0.1, 0.15) is 5.82 Å². The maximum absolute atomic E-state index is 13.0. The van der Waals surface area contributed by atoms with Crippen LogP contribution in [0.4, 0.5) is 4.39 Å². The Bertz CT molecular complexity index is 800. The number of carbonyl (C=O) groups excluding carboxylic acids is 1. The third kappa shape index (κ3) is 5.58. The lowest BCUT2D eigenvalue weighted by Gasteiger charge is -2.36. The Kier molecular flexibility index (Phi) is 6.18. The largest absolute Gasteiger partial charge is 0.481 e. The Morgan fingerprint density at radius 2 is 1.96 bits per heavy atom. The topological polar surface area (TPSA) is 88.5 Å². The van der Waals surface area contributed by atoms with E-state index in [4.69, 9.17) is 9.84 Å². The van der Waals surface area contributed by atoms with Gasteiger partial charge >= 0.3 is 5.97 Å². The van der Waals surface area contributed by atoms with Gasteiger partial charge in [-0.1, -0.05) is 12.1 Å². The number of carbonyl (C=O) groups is 2. The lowest BCUT2D eigenvalue weighted by atomic mass is 9.86. The molecule has 1 aromatic carbocycles. The number of ether oxygens (including phenoxy) is 1. The predicted octanol–water partition coefficient (Wildman–Crippen LogP) is 2.56. The zero-order chi connectivity index (χ0) is 19.3. The van der Waals surface area contributed by atoms with Crippen LogP contribution >= 0.6 is 11.3 Å². The van der Waals surface area contributed by atoms with E-state index in [1.807, 2.05) is 5.38 Å². The normalized spacial score (nSPS) is 16.0. The molecule has 2 aromatic rings. The molecule has 8 heteroatoms. The minimum absolute atomic E-state index is 0.0993. The fraction of sp³-hybridized carbons (Fsp3) is 0.421. The molecule has 6 nitrogen and oxygen atoms in total. The molecule has 144 valence electrons. The zero-order valence-electron chi connectivity index (χ0n) is 14.7. The third-order valence-electron chi connectivity index (χ3n) is 4.55. The van der Waals surface area contributed by atoms with Gasteiger partial charge in [0, 0.05) is 25.0 Å². The molecule has 1 aliphatic rings. The molecule has 0 bridgehead atoms. The first-order valence-electron chi connectivity index (χ1n) is 8.72. The van der Waals surface area contributed by atoms with E-state index in [-0.39, 0.29) is 24.6 Å². The molecule has 0 radical (unpaired) electrons. The van der Waals surface area contributed by atoms with Gasteiger partial charge in [-0.15, -0.1) is 11.3 Å². The maximum Gasteiger partial charge on any atom is 0.305 e. The summed E-state index contributed by atoms with van der Waals surface area (Å²) in [7, 11) is 0. The summed E-state index contributed by atoms with van der Waals surface area (Å²) in [4.78, 5) is 28.1. The SMILES string of the molecule is O=C(O)CC1(NC(=O)Cc2csc(Cc3ccc(F)cc3)n2)CCOCC1. The highest BCUT2D eigenvalue weighted by Gasteiger charge is 2.36. The van der Waals surface area contributed by atoms with E-state index in [1.165, 1.54) is 23.5 Å². The van der Waals surface area contributed by atoms with Crippen molar-refractivity contribution in [2.45, 2.75) is 37.6 Å². The smallest absolute Gasteiger partial charge is 0.305 e. The predicted molar refractivity (Wildman–Crippen MR) is 98.2 cm³/mol. The monoisotopic (exact) mass is 392 g/mol. The summed E-state index contributed by atoms with van der Waals surface area (Å²) >= 11 is 1.45. The summed E-state index contributed by atoms with van der Waals surface area (Å²) in [6.45, 7) is 0.873. The highest BCUT2D eigenvalue weighted by molar-refractivity contribution is 7.09. The van der Waals surface area contributed by atoms with Gasteiger partial charge in [-0.05, 0) is 30.5 Å². The number of halogens is 1. The quantitative estimate of drug-likeness (QED) is 0.756. The summed E-state index contributed by atoms with van der Waals surface area (Å²) < 4.78 is 18.3. The van der Waals surface area contributed by atoms with Gasteiger partial charge in [0.2, 0.25) is 5.91 Å². The fourth-order valence-corrected chi connectivity index (χ4v) is 4.02. The Morgan fingerprint density at radius 1 is 1.26 bits per heavy atom. The number of carboxylic acid groups (broad SMARTS) is 1. The molecular weight excluding hydrogens is 371 g/mol.